The summed E-state index contributed by atoms with van der Waals surface area (Å²) in [6.45, 7) is 1.73. The van der Waals surface area contributed by atoms with Gasteiger partial charge in [-0.1, -0.05) is 17.7 Å². The molecule has 1 unspecified atom stereocenters. The van der Waals surface area contributed by atoms with Crippen LogP contribution in [0.5, 0.6) is 11.5 Å². The minimum absolute atomic E-state index is 0.0739. The monoisotopic (exact) mass is 441 g/mol. The van der Waals surface area contributed by atoms with Crippen LogP contribution in [0, 0.1) is 5.82 Å². The summed E-state index contributed by atoms with van der Waals surface area (Å²) in [5, 5.41) is 10.7. The van der Waals surface area contributed by atoms with Crippen molar-refractivity contribution < 1.29 is 14.2 Å². The number of pyridine rings is 1. The summed E-state index contributed by atoms with van der Waals surface area (Å²) in [7, 11) is 5.71. The van der Waals surface area contributed by atoms with Gasteiger partial charge in [0.05, 0.1) is 17.8 Å². The van der Waals surface area contributed by atoms with Crippen LogP contribution < -0.4 is 9.64 Å². The molecule has 3 aromatic rings. The quantitative estimate of drug-likeness (QED) is 0.599. The van der Waals surface area contributed by atoms with E-state index >= 15 is 0 Å². The predicted molar refractivity (Wildman–Crippen MR) is 123 cm³/mol. The van der Waals surface area contributed by atoms with Gasteiger partial charge in [-0.2, -0.15) is 0 Å². The van der Waals surface area contributed by atoms with Gasteiger partial charge in [0.15, 0.2) is 0 Å². The van der Waals surface area contributed by atoms with Crippen molar-refractivity contribution in [1.82, 2.24) is 9.88 Å². The van der Waals surface area contributed by atoms with Crippen LogP contribution in [0.1, 0.15) is 6.42 Å². The van der Waals surface area contributed by atoms with E-state index in [1.165, 1.54) is 6.07 Å². The zero-order valence-electron chi connectivity index (χ0n) is 17.8. The summed E-state index contributed by atoms with van der Waals surface area (Å²) in [5.41, 5.74) is 2.69. The number of aromatic hydroxyl groups is 1. The second kappa shape index (κ2) is 8.73. The normalized spacial score (nSPS) is 16.2. The van der Waals surface area contributed by atoms with Gasteiger partial charge in [-0.15, -0.1) is 0 Å². The molecule has 0 spiro atoms. The minimum atomic E-state index is -0.472. The number of hydrogen-bond donors (Lipinski definition) is 1. The van der Waals surface area contributed by atoms with Crippen LogP contribution in [0.4, 0.5) is 10.2 Å². The fourth-order valence-electron chi connectivity index (χ4n) is 3.88. The van der Waals surface area contributed by atoms with Crippen molar-refractivity contribution in [3.63, 3.8) is 0 Å². The molecule has 1 atom stereocenters. The van der Waals surface area contributed by atoms with E-state index in [4.69, 9.17) is 21.3 Å². The highest BCUT2D eigenvalue weighted by atomic mass is 35.5. The molecule has 2 aromatic carbocycles. The molecule has 7 heteroatoms. The third-order valence-corrected chi connectivity index (χ3v) is 6.07. The van der Waals surface area contributed by atoms with Crippen molar-refractivity contribution in [3.05, 3.63) is 59.4 Å². The number of phenolic OH excluding ortho intramolecular Hbond substituents is 1. The molecule has 5 nitrogen and oxygen atoms in total. The molecule has 0 radical (unpaired) electrons. The average Bonchev–Trinajstić information content (AvgIpc) is 3.26. The van der Waals surface area contributed by atoms with Crippen molar-refractivity contribution >= 4 is 17.4 Å². The first-order valence-electron chi connectivity index (χ1n) is 10.1. The molecule has 1 aliphatic rings. The van der Waals surface area contributed by atoms with Gasteiger partial charge in [0, 0.05) is 30.8 Å². The highest BCUT2D eigenvalue weighted by Crippen LogP contribution is 2.36. The molecule has 0 amide bonds. The van der Waals surface area contributed by atoms with E-state index in [-0.39, 0.29) is 10.8 Å². The lowest BCUT2D eigenvalue weighted by Gasteiger charge is -2.22. The van der Waals surface area contributed by atoms with Crippen molar-refractivity contribution in [1.29, 1.82) is 0 Å². The number of likely N-dealkylation sites (N-methyl/N-ethyl adjacent to an activating group) is 1. The molecule has 1 saturated heterocycles. The molecule has 1 aliphatic heterocycles. The minimum Gasteiger partial charge on any atom is -0.507 e. The number of nitrogens with zero attached hydrogens (tertiary/aromatic N) is 3. The Kier molecular flexibility index (Phi) is 6.03. The summed E-state index contributed by atoms with van der Waals surface area (Å²) in [6.07, 6.45) is 1.04. The zero-order valence-corrected chi connectivity index (χ0v) is 18.5. The molecular weight excluding hydrogens is 417 g/mol. The first-order valence-corrected chi connectivity index (χ1v) is 10.5. The second-order valence-corrected chi connectivity index (χ2v) is 8.37. The Bertz CT molecular complexity index is 1110. The van der Waals surface area contributed by atoms with Crippen molar-refractivity contribution in [3.8, 4) is 33.9 Å². The number of ether oxygens (including phenoxy) is 1. The average molecular weight is 442 g/mol. The highest BCUT2D eigenvalue weighted by Gasteiger charge is 2.26. The third-order valence-electron chi connectivity index (χ3n) is 5.76. The lowest BCUT2D eigenvalue weighted by molar-refractivity contribution is 0.315. The van der Waals surface area contributed by atoms with E-state index < -0.39 is 5.82 Å². The molecule has 4 rings (SSSR count). The zero-order chi connectivity index (χ0) is 22.1. The van der Waals surface area contributed by atoms with E-state index in [1.807, 2.05) is 12.1 Å². The second-order valence-electron chi connectivity index (χ2n) is 7.96. The summed E-state index contributed by atoms with van der Waals surface area (Å²) < 4.78 is 19.4. The topological polar surface area (TPSA) is 48.8 Å². The predicted octanol–water partition coefficient (Wildman–Crippen LogP) is 5.06. The van der Waals surface area contributed by atoms with Crippen LogP contribution in [0.2, 0.25) is 5.02 Å². The number of halogens is 2. The number of benzene rings is 2. The van der Waals surface area contributed by atoms with Gasteiger partial charge < -0.3 is 19.6 Å². The number of anilines is 1. The Balaban J connectivity index is 1.82. The number of methoxy groups -OCH3 is 1. The third kappa shape index (κ3) is 4.45. The summed E-state index contributed by atoms with van der Waals surface area (Å²) >= 11 is 5.88. The van der Waals surface area contributed by atoms with E-state index in [9.17, 15) is 9.50 Å². The van der Waals surface area contributed by atoms with Crippen LogP contribution in [0.3, 0.4) is 0 Å². The number of phenols is 1. The van der Waals surface area contributed by atoms with Gasteiger partial charge in [-0.25, -0.2) is 9.37 Å². The van der Waals surface area contributed by atoms with E-state index in [2.05, 4.69) is 23.9 Å². The first kappa shape index (κ1) is 21.4. The Morgan fingerprint density at radius 3 is 2.58 bits per heavy atom. The maximum Gasteiger partial charge on any atom is 0.142 e. The van der Waals surface area contributed by atoms with Gasteiger partial charge in [-0.3, -0.25) is 0 Å². The number of hydrogen-bond acceptors (Lipinski definition) is 5. The smallest absolute Gasteiger partial charge is 0.142 e. The Labute approximate surface area is 186 Å². The first-order chi connectivity index (χ1) is 14.9. The Hall–Kier alpha value is -2.83. The van der Waals surface area contributed by atoms with Crippen LogP contribution >= 0.6 is 11.6 Å². The largest absolute Gasteiger partial charge is 0.507 e. The summed E-state index contributed by atoms with van der Waals surface area (Å²) in [6, 6.07) is 14.1. The number of aromatic nitrogens is 1. The van der Waals surface area contributed by atoms with Gasteiger partial charge in [0.25, 0.3) is 0 Å². The Morgan fingerprint density at radius 2 is 1.94 bits per heavy atom. The Morgan fingerprint density at radius 1 is 1.13 bits per heavy atom. The molecule has 0 saturated carbocycles. The van der Waals surface area contributed by atoms with Gasteiger partial charge >= 0.3 is 0 Å². The molecule has 0 bridgehead atoms. The van der Waals surface area contributed by atoms with E-state index in [1.54, 1.807) is 37.4 Å². The molecule has 0 aliphatic carbocycles. The molecule has 2 heterocycles. The van der Waals surface area contributed by atoms with Gasteiger partial charge in [0.1, 0.15) is 23.1 Å². The van der Waals surface area contributed by atoms with Crippen LogP contribution in [-0.2, 0) is 0 Å². The molecule has 1 aromatic heterocycles. The maximum atomic E-state index is 14.2. The maximum absolute atomic E-state index is 14.2. The van der Waals surface area contributed by atoms with Crippen LogP contribution in [0.15, 0.2) is 48.5 Å². The standard InChI is InChI=1S/C24H25ClFN3O2/c1-28(2)17-8-9-29(14-17)24-12-16(15-4-7-20(25)21(26)10-15)11-22(27-24)19-6-5-18(31-3)13-23(19)30/h4-7,10-13,17,30H,8-9,14H2,1-3H3. The fraction of sp³-hybridized carbons (Fsp3) is 0.292. The summed E-state index contributed by atoms with van der Waals surface area (Å²) in [4.78, 5) is 9.29. The van der Waals surface area contributed by atoms with Gasteiger partial charge in [-0.05, 0) is 68.0 Å². The number of rotatable bonds is 5. The lowest BCUT2D eigenvalue weighted by Crippen LogP contribution is -2.31. The lowest BCUT2D eigenvalue weighted by atomic mass is 10.0. The molecule has 1 N–H and O–H groups in total. The summed E-state index contributed by atoms with van der Waals surface area (Å²) in [5.74, 6) is 0.957. The molecule has 162 valence electrons. The van der Waals surface area contributed by atoms with Crippen molar-refractivity contribution in [2.75, 3.05) is 39.2 Å². The fourth-order valence-corrected chi connectivity index (χ4v) is 4.00. The van der Waals surface area contributed by atoms with Crippen molar-refractivity contribution in [2.24, 2.45) is 0 Å². The van der Waals surface area contributed by atoms with Crippen molar-refractivity contribution in [2.45, 2.75) is 12.5 Å². The van der Waals surface area contributed by atoms with E-state index in [0.717, 1.165) is 30.9 Å². The van der Waals surface area contributed by atoms with E-state index in [0.29, 0.717) is 28.6 Å². The SMILES string of the molecule is COc1ccc(-c2cc(-c3ccc(Cl)c(F)c3)cc(N3CCC(N(C)C)C3)n2)c(O)c1. The molecular formula is C24H25ClFN3O2. The van der Waals surface area contributed by atoms with Crippen LogP contribution in [0.25, 0.3) is 22.4 Å². The van der Waals surface area contributed by atoms with Crippen LogP contribution in [-0.4, -0.2) is 55.3 Å². The molecule has 1 fully saturated rings. The van der Waals surface area contributed by atoms with Gasteiger partial charge in [0.2, 0.25) is 0 Å². The molecule has 31 heavy (non-hydrogen) atoms. The highest BCUT2D eigenvalue weighted by molar-refractivity contribution is 6.30.